The van der Waals surface area contributed by atoms with E-state index >= 15 is 0 Å². The fourth-order valence-electron chi connectivity index (χ4n) is 1.53. The van der Waals surface area contributed by atoms with Crippen molar-refractivity contribution in [2.75, 3.05) is 0 Å². The summed E-state index contributed by atoms with van der Waals surface area (Å²) in [5.41, 5.74) is 4.45. The lowest BCUT2D eigenvalue weighted by Gasteiger charge is -2.30. The van der Waals surface area contributed by atoms with Crippen molar-refractivity contribution in [1.29, 1.82) is 5.41 Å². The maximum Gasteiger partial charge on any atom is 0.244 e. The maximum atomic E-state index is 12.0. The summed E-state index contributed by atoms with van der Waals surface area (Å²) in [5, 5.41) is 13.6. The standard InChI is InChI=1S/C9H17N5O2S/c1-3-9(4-2,8(10)11)14-17(15,16)7-5-12-13-6-7/h5-6,14H,3-4H2,1-2H3,(H3,10,11)(H,12,13). The lowest BCUT2D eigenvalue weighted by Crippen LogP contribution is -2.56. The second-order valence-electron chi connectivity index (χ2n) is 3.74. The number of amidine groups is 1. The molecule has 0 aliphatic rings. The number of hydrogen-bond acceptors (Lipinski definition) is 4. The molecule has 1 rings (SSSR count). The molecule has 0 aliphatic heterocycles. The van der Waals surface area contributed by atoms with Gasteiger partial charge in [0.1, 0.15) is 10.7 Å². The maximum absolute atomic E-state index is 12.0. The van der Waals surface area contributed by atoms with E-state index in [0.29, 0.717) is 12.8 Å². The van der Waals surface area contributed by atoms with Gasteiger partial charge in [-0.05, 0) is 12.8 Å². The van der Waals surface area contributed by atoms with Gasteiger partial charge in [0.25, 0.3) is 0 Å². The van der Waals surface area contributed by atoms with Crippen molar-refractivity contribution < 1.29 is 8.42 Å². The van der Waals surface area contributed by atoms with Gasteiger partial charge in [-0.15, -0.1) is 0 Å². The van der Waals surface area contributed by atoms with Gasteiger partial charge >= 0.3 is 0 Å². The number of nitrogens with zero attached hydrogens (tertiary/aromatic N) is 1. The summed E-state index contributed by atoms with van der Waals surface area (Å²) in [6, 6.07) is 0. The van der Waals surface area contributed by atoms with E-state index in [1.165, 1.54) is 12.4 Å². The molecule has 0 aromatic carbocycles. The third kappa shape index (κ3) is 2.64. The summed E-state index contributed by atoms with van der Waals surface area (Å²) in [5.74, 6) is -0.186. The van der Waals surface area contributed by atoms with Gasteiger partial charge < -0.3 is 5.73 Å². The Morgan fingerprint density at radius 1 is 1.59 bits per heavy atom. The van der Waals surface area contributed by atoms with Gasteiger partial charge in [-0.2, -0.15) is 9.82 Å². The zero-order chi connectivity index (χ0) is 13.1. The summed E-state index contributed by atoms with van der Waals surface area (Å²) in [4.78, 5) is 0.0324. The molecule has 1 aromatic rings. The van der Waals surface area contributed by atoms with Crippen LogP contribution in [0, 0.1) is 5.41 Å². The molecule has 0 aliphatic carbocycles. The molecule has 8 heteroatoms. The second-order valence-corrected chi connectivity index (χ2v) is 5.42. The predicted octanol–water partition coefficient (Wildman–Crippen LogP) is 0.183. The lowest BCUT2D eigenvalue weighted by atomic mass is 9.93. The zero-order valence-electron chi connectivity index (χ0n) is 9.82. The number of hydrogen-bond donors (Lipinski definition) is 4. The lowest BCUT2D eigenvalue weighted by molar-refractivity contribution is 0.459. The number of rotatable bonds is 6. The van der Waals surface area contributed by atoms with Crippen LogP contribution in [0.1, 0.15) is 26.7 Å². The number of aromatic nitrogens is 2. The van der Waals surface area contributed by atoms with E-state index < -0.39 is 15.6 Å². The molecule has 0 fully saturated rings. The van der Waals surface area contributed by atoms with Crippen molar-refractivity contribution in [2.45, 2.75) is 37.1 Å². The molecular formula is C9H17N5O2S. The minimum atomic E-state index is -3.71. The SMILES string of the molecule is CCC(CC)(NS(=O)(=O)c1cn[nH]c1)C(=N)N. The average Bonchev–Trinajstić information content (AvgIpc) is 2.79. The van der Waals surface area contributed by atoms with Crippen LogP contribution in [0.3, 0.4) is 0 Å². The number of nitrogens with one attached hydrogen (secondary N) is 3. The van der Waals surface area contributed by atoms with E-state index in [0.717, 1.165) is 0 Å². The number of H-pyrrole nitrogens is 1. The van der Waals surface area contributed by atoms with Crippen LogP contribution in [-0.4, -0.2) is 30.0 Å². The number of aromatic amines is 1. The highest BCUT2D eigenvalue weighted by atomic mass is 32.2. The van der Waals surface area contributed by atoms with Crippen LogP contribution in [-0.2, 0) is 10.0 Å². The first kappa shape index (κ1) is 13.7. The van der Waals surface area contributed by atoms with Crippen LogP contribution < -0.4 is 10.5 Å². The molecule has 0 unspecified atom stereocenters. The van der Waals surface area contributed by atoms with E-state index in [1.54, 1.807) is 13.8 Å². The van der Waals surface area contributed by atoms with Crippen LogP contribution in [0.5, 0.6) is 0 Å². The highest BCUT2D eigenvalue weighted by Crippen LogP contribution is 2.18. The smallest absolute Gasteiger partial charge is 0.244 e. The van der Waals surface area contributed by atoms with E-state index in [2.05, 4.69) is 14.9 Å². The molecule has 0 spiro atoms. The van der Waals surface area contributed by atoms with Crippen molar-refractivity contribution >= 4 is 15.9 Å². The fourth-order valence-corrected chi connectivity index (χ4v) is 2.96. The molecule has 0 bridgehead atoms. The van der Waals surface area contributed by atoms with E-state index in [9.17, 15) is 8.42 Å². The van der Waals surface area contributed by atoms with Gasteiger partial charge in [-0.25, -0.2) is 8.42 Å². The van der Waals surface area contributed by atoms with Gasteiger partial charge in [0.15, 0.2) is 0 Å². The Bertz CT molecular complexity index is 475. The number of nitrogens with two attached hydrogens (primary N) is 1. The molecule has 0 radical (unpaired) electrons. The molecule has 0 atom stereocenters. The first-order valence-electron chi connectivity index (χ1n) is 5.25. The topological polar surface area (TPSA) is 125 Å². The first-order valence-corrected chi connectivity index (χ1v) is 6.73. The summed E-state index contributed by atoms with van der Waals surface area (Å²) in [6.07, 6.45) is 3.31. The Kier molecular flexibility index (Phi) is 3.89. The van der Waals surface area contributed by atoms with Gasteiger partial charge in [0, 0.05) is 6.20 Å². The van der Waals surface area contributed by atoms with Crippen LogP contribution >= 0.6 is 0 Å². The third-order valence-corrected chi connectivity index (χ3v) is 4.34. The van der Waals surface area contributed by atoms with Gasteiger partial charge in [0.05, 0.1) is 11.7 Å². The molecule has 0 amide bonds. The predicted molar refractivity (Wildman–Crippen MR) is 64.1 cm³/mol. The van der Waals surface area contributed by atoms with Crippen molar-refractivity contribution in [1.82, 2.24) is 14.9 Å². The van der Waals surface area contributed by atoms with Crippen molar-refractivity contribution in [3.63, 3.8) is 0 Å². The normalized spacial score (nSPS) is 12.6. The second kappa shape index (κ2) is 4.84. The average molecular weight is 259 g/mol. The highest BCUT2D eigenvalue weighted by Gasteiger charge is 2.35. The first-order chi connectivity index (χ1) is 7.88. The minimum absolute atomic E-state index is 0.0324. The fraction of sp³-hybridized carbons (Fsp3) is 0.556. The summed E-state index contributed by atoms with van der Waals surface area (Å²) < 4.78 is 26.5. The molecule has 1 heterocycles. The van der Waals surface area contributed by atoms with Crippen molar-refractivity contribution in [2.24, 2.45) is 5.73 Å². The van der Waals surface area contributed by atoms with Crippen LogP contribution in [0.4, 0.5) is 0 Å². The summed E-state index contributed by atoms with van der Waals surface area (Å²) in [6.45, 7) is 3.56. The third-order valence-electron chi connectivity index (χ3n) is 2.84. The number of sulfonamides is 1. The Hall–Kier alpha value is -1.41. The molecule has 7 nitrogen and oxygen atoms in total. The van der Waals surface area contributed by atoms with Crippen LogP contribution in [0.25, 0.3) is 0 Å². The van der Waals surface area contributed by atoms with Gasteiger partial charge in [0.2, 0.25) is 10.0 Å². The molecule has 5 N–H and O–H groups in total. The largest absolute Gasteiger partial charge is 0.386 e. The Morgan fingerprint density at radius 3 is 2.53 bits per heavy atom. The molecule has 0 saturated heterocycles. The van der Waals surface area contributed by atoms with Crippen LogP contribution in [0.15, 0.2) is 17.3 Å². The highest BCUT2D eigenvalue weighted by molar-refractivity contribution is 7.89. The Morgan fingerprint density at radius 2 is 2.18 bits per heavy atom. The Balaban J connectivity index is 3.08. The quantitative estimate of drug-likeness (QED) is 0.429. The van der Waals surface area contributed by atoms with Crippen LogP contribution in [0.2, 0.25) is 0 Å². The summed E-state index contributed by atoms with van der Waals surface area (Å²) in [7, 11) is -3.71. The zero-order valence-corrected chi connectivity index (χ0v) is 10.6. The van der Waals surface area contributed by atoms with E-state index in [1.807, 2.05) is 0 Å². The summed E-state index contributed by atoms with van der Waals surface area (Å²) >= 11 is 0. The molecule has 1 aromatic heterocycles. The molecule has 17 heavy (non-hydrogen) atoms. The van der Waals surface area contributed by atoms with Crippen molar-refractivity contribution in [3.05, 3.63) is 12.4 Å². The molecule has 0 saturated carbocycles. The van der Waals surface area contributed by atoms with Crippen molar-refractivity contribution in [3.8, 4) is 0 Å². The monoisotopic (exact) mass is 259 g/mol. The Labute approximate surface area is 100 Å². The van der Waals surface area contributed by atoms with Gasteiger partial charge in [-0.1, -0.05) is 13.8 Å². The van der Waals surface area contributed by atoms with E-state index in [-0.39, 0.29) is 10.7 Å². The minimum Gasteiger partial charge on any atom is -0.386 e. The van der Waals surface area contributed by atoms with E-state index in [4.69, 9.17) is 11.1 Å². The van der Waals surface area contributed by atoms with Gasteiger partial charge in [-0.3, -0.25) is 10.5 Å². The molecular weight excluding hydrogens is 242 g/mol. The molecule has 96 valence electrons.